The second-order valence-corrected chi connectivity index (χ2v) is 8.65. The molecule has 0 atom stereocenters. The van der Waals surface area contributed by atoms with Gasteiger partial charge in [-0.15, -0.1) is 0 Å². The zero-order valence-corrected chi connectivity index (χ0v) is 16.9. The Bertz CT molecular complexity index is 809. The topological polar surface area (TPSA) is 54.4 Å². The van der Waals surface area contributed by atoms with Crippen LogP contribution in [0.15, 0.2) is 35.2 Å². The van der Waals surface area contributed by atoms with Gasteiger partial charge in [-0.05, 0) is 59.7 Å². The highest BCUT2D eigenvalue weighted by Crippen LogP contribution is 2.26. The van der Waals surface area contributed by atoms with E-state index in [9.17, 15) is 13.0 Å². The minimum Gasteiger partial charge on any atom is -0.282 e. The molecule has 0 unspecified atom stereocenters. The minimum atomic E-state index is -4.16. The molecular formula is C22H32O3S. The highest BCUT2D eigenvalue weighted by atomic mass is 32.2. The zero-order valence-electron chi connectivity index (χ0n) is 16.1. The Kier molecular flexibility index (Phi) is 8.11. The van der Waals surface area contributed by atoms with Gasteiger partial charge in [-0.1, -0.05) is 70.6 Å². The first-order chi connectivity index (χ1) is 12.5. The third-order valence-electron chi connectivity index (χ3n) is 5.03. The molecule has 0 fully saturated rings. The predicted molar refractivity (Wildman–Crippen MR) is 109 cm³/mol. The summed E-state index contributed by atoms with van der Waals surface area (Å²) in [5.41, 5.74) is 2.72. The van der Waals surface area contributed by atoms with Crippen molar-refractivity contribution < 1.29 is 13.0 Å². The molecule has 4 heteroatoms. The summed E-state index contributed by atoms with van der Waals surface area (Å²) in [7, 11) is -4.16. The van der Waals surface area contributed by atoms with Crippen LogP contribution in [-0.4, -0.2) is 13.0 Å². The van der Waals surface area contributed by atoms with E-state index >= 15 is 0 Å². The van der Waals surface area contributed by atoms with Gasteiger partial charge < -0.3 is 0 Å². The third-order valence-corrected chi connectivity index (χ3v) is 5.88. The number of rotatable bonds is 11. The molecule has 2 aromatic rings. The van der Waals surface area contributed by atoms with Crippen molar-refractivity contribution in [2.24, 2.45) is 0 Å². The Hall–Kier alpha value is -1.39. The van der Waals surface area contributed by atoms with Gasteiger partial charge in [0.1, 0.15) is 0 Å². The van der Waals surface area contributed by atoms with E-state index < -0.39 is 10.1 Å². The van der Waals surface area contributed by atoms with Crippen LogP contribution in [0.4, 0.5) is 0 Å². The lowest BCUT2D eigenvalue weighted by Gasteiger charge is -2.13. The van der Waals surface area contributed by atoms with Crippen LogP contribution in [0.25, 0.3) is 10.8 Å². The third kappa shape index (κ3) is 6.10. The molecule has 2 aromatic carbocycles. The fraction of sp³-hybridized carbons (Fsp3) is 0.545. The van der Waals surface area contributed by atoms with E-state index in [1.807, 2.05) is 0 Å². The van der Waals surface area contributed by atoms with Crippen molar-refractivity contribution in [1.82, 2.24) is 0 Å². The zero-order chi connectivity index (χ0) is 19.0. The van der Waals surface area contributed by atoms with Crippen LogP contribution in [-0.2, 0) is 23.0 Å². The Morgan fingerprint density at radius 2 is 1.27 bits per heavy atom. The molecule has 0 heterocycles. The van der Waals surface area contributed by atoms with Crippen molar-refractivity contribution in [3.05, 3.63) is 41.5 Å². The molecule has 0 spiro atoms. The summed E-state index contributed by atoms with van der Waals surface area (Å²) in [6.07, 6.45) is 12.0. The lowest BCUT2D eigenvalue weighted by atomic mass is 9.93. The lowest BCUT2D eigenvalue weighted by molar-refractivity contribution is 0.483. The molecule has 0 aromatic heterocycles. The molecule has 0 aliphatic rings. The number of hydrogen-bond donors (Lipinski definition) is 1. The van der Waals surface area contributed by atoms with E-state index in [0.717, 1.165) is 23.6 Å². The summed E-state index contributed by atoms with van der Waals surface area (Å²) < 4.78 is 32.2. The molecule has 0 saturated heterocycles. The Labute approximate surface area is 158 Å². The van der Waals surface area contributed by atoms with Gasteiger partial charge in [0.2, 0.25) is 0 Å². The van der Waals surface area contributed by atoms with E-state index in [2.05, 4.69) is 26.0 Å². The SMILES string of the molecule is CCCCCCc1cc2ccc(S(=O)(=O)O)cc2cc1CCCCCC. The van der Waals surface area contributed by atoms with Crippen LogP contribution in [0, 0.1) is 0 Å². The second-order valence-electron chi connectivity index (χ2n) is 7.23. The number of hydrogen-bond acceptors (Lipinski definition) is 2. The Morgan fingerprint density at radius 1 is 0.731 bits per heavy atom. The Morgan fingerprint density at radius 3 is 1.77 bits per heavy atom. The van der Waals surface area contributed by atoms with Gasteiger partial charge in [-0.3, -0.25) is 4.55 Å². The van der Waals surface area contributed by atoms with E-state index in [4.69, 9.17) is 0 Å². The van der Waals surface area contributed by atoms with Crippen LogP contribution in [0.1, 0.15) is 76.3 Å². The molecule has 0 aliphatic heterocycles. The molecule has 0 amide bonds. The average Bonchev–Trinajstić information content (AvgIpc) is 2.61. The van der Waals surface area contributed by atoms with Gasteiger partial charge in [0.25, 0.3) is 10.1 Å². The lowest BCUT2D eigenvalue weighted by Crippen LogP contribution is -1.99. The molecule has 2 rings (SSSR count). The van der Waals surface area contributed by atoms with E-state index in [0.29, 0.717) is 0 Å². The van der Waals surface area contributed by atoms with Gasteiger partial charge in [0.05, 0.1) is 4.90 Å². The minimum absolute atomic E-state index is 0.0300. The molecule has 0 aliphatic carbocycles. The van der Waals surface area contributed by atoms with Gasteiger partial charge >= 0.3 is 0 Å². The first kappa shape index (κ1) is 20.9. The molecule has 0 radical (unpaired) electrons. The van der Waals surface area contributed by atoms with Crippen molar-refractivity contribution in [2.75, 3.05) is 0 Å². The standard InChI is InChI=1S/C22H32O3S/c1-3-5-7-9-11-18-15-20-13-14-22(26(23,24)25)17-21(20)16-19(18)12-10-8-6-4-2/h13-17H,3-12H2,1-2H3,(H,23,24,25). The number of aryl methyl sites for hydroxylation is 2. The fourth-order valence-electron chi connectivity index (χ4n) is 3.48. The van der Waals surface area contributed by atoms with Crippen LogP contribution >= 0.6 is 0 Å². The largest absolute Gasteiger partial charge is 0.294 e. The van der Waals surface area contributed by atoms with Crippen molar-refractivity contribution in [3.63, 3.8) is 0 Å². The number of benzene rings is 2. The first-order valence-electron chi connectivity index (χ1n) is 9.98. The van der Waals surface area contributed by atoms with Crippen molar-refractivity contribution >= 4 is 20.9 Å². The molecule has 0 bridgehead atoms. The number of fused-ring (bicyclic) bond motifs is 1. The molecule has 1 N–H and O–H groups in total. The molecule has 26 heavy (non-hydrogen) atoms. The monoisotopic (exact) mass is 376 g/mol. The van der Waals surface area contributed by atoms with E-state index in [-0.39, 0.29) is 4.90 Å². The molecule has 0 saturated carbocycles. The predicted octanol–water partition coefficient (Wildman–Crippen LogP) is 6.33. The molecule has 144 valence electrons. The average molecular weight is 377 g/mol. The van der Waals surface area contributed by atoms with Crippen LogP contribution in [0.3, 0.4) is 0 Å². The maximum atomic E-state index is 11.4. The maximum absolute atomic E-state index is 11.4. The summed E-state index contributed by atoms with van der Waals surface area (Å²) >= 11 is 0. The smallest absolute Gasteiger partial charge is 0.282 e. The fourth-order valence-corrected chi connectivity index (χ4v) is 4.00. The van der Waals surface area contributed by atoms with Crippen LogP contribution in [0.2, 0.25) is 0 Å². The number of unbranched alkanes of at least 4 members (excludes halogenated alkanes) is 6. The van der Waals surface area contributed by atoms with Crippen molar-refractivity contribution in [2.45, 2.75) is 83.0 Å². The Balaban J connectivity index is 2.29. The normalized spacial score (nSPS) is 12.0. The highest BCUT2D eigenvalue weighted by Gasteiger charge is 2.12. The highest BCUT2D eigenvalue weighted by molar-refractivity contribution is 7.85. The molecule has 3 nitrogen and oxygen atoms in total. The van der Waals surface area contributed by atoms with E-state index in [1.165, 1.54) is 68.6 Å². The summed E-state index contributed by atoms with van der Waals surface area (Å²) in [6, 6.07) is 9.21. The summed E-state index contributed by atoms with van der Waals surface area (Å²) in [4.78, 5) is -0.0300. The summed E-state index contributed by atoms with van der Waals surface area (Å²) in [5, 5.41) is 1.93. The van der Waals surface area contributed by atoms with Gasteiger partial charge in [-0.25, -0.2) is 0 Å². The van der Waals surface area contributed by atoms with Gasteiger partial charge in [0.15, 0.2) is 0 Å². The van der Waals surface area contributed by atoms with Crippen LogP contribution in [0.5, 0.6) is 0 Å². The van der Waals surface area contributed by atoms with Crippen molar-refractivity contribution in [3.8, 4) is 0 Å². The quantitative estimate of drug-likeness (QED) is 0.368. The van der Waals surface area contributed by atoms with Gasteiger partial charge in [0, 0.05) is 0 Å². The maximum Gasteiger partial charge on any atom is 0.294 e. The second kappa shape index (κ2) is 10.1. The summed E-state index contributed by atoms with van der Waals surface area (Å²) in [6.45, 7) is 4.44. The molecular weight excluding hydrogens is 344 g/mol. The van der Waals surface area contributed by atoms with Crippen LogP contribution < -0.4 is 0 Å². The van der Waals surface area contributed by atoms with E-state index in [1.54, 1.807) is 12.1 Å². The van der Waals surface area contributed by atoms with Gasteiger partial charge in [-0.2, -0.15) is 8.42 Å². The first-order valence-corrected chi connectivity index (χ1v) is 11.4. The summed E-state index contributed by atoms with van der Waals surface area (Å²) in [5.74, 6) is 0. The van der Waals surface area contributed by atoms with Crippen molar-refractivity contribution in [1.29, 1.82) is 0 Å².